The second-order valence-corrected chi connectivity index (χ2v) is 4.96. The lowest BCUT2D eigenvalue weighted by Crippen LogP contribution is -2.49. The number of nitrogens with zero attached hydrogens (tertiary/aromatic N) is 1. The summed E-state index contributed by atoms with van der Waals surface area (Å²) in [5.74, 6) is 0.158. The molecule has 1 heterocycles. The van der Waals surface area contributed by atoms with Crippen LogP contribution in [-0.4, -0.2) is 43.2 Å². The predicted octanol–water partition coefficient (Wildman–Crippen LogP) is 1.58. The molecular weight excluding hydrogens is 240 g/mol. The number of benzene rings is 1. The molecule has 1 aromatic rings. The van der Waals surface area contributed by atoms with Crippen LogP contribution in [0.3, 0.4) is 0 Å². The van der Waals surface area contributed by atoms with Crippen LogP contribution in [0.2, 0.25) is 0 Å². The molecule has 0 radical (unpaired) electrons. The van der Waals surface area contributed by atoms with Gasteiger partial charge in [-0.1, -0.05) is 30.3 Å². The molecular formula is C15H22N2O2. The molecule has 1 aromatic carbocycles. The maximum Gasteiger partial charge on any atom is 0.239 e. The average Bonchev–Trinajstić information content (AvgIpc) is 2.48. The first-order valence-electron chi connectivity index (χ1n) is 6.86. The number of carbonyl (C=O) groups excluding carboxylic acids is 1. The van der Waals surface area contributed by atoms with Gasteiger partial charge in [-0.15, -0.1) is 0 Å². The summed E-state index contributed by atoms with van der Waals surface area (Å²) in [5, 5.41) is 3.36. The van der Waals surface area contributed by atoms with Crippen LogP contribution in [0.4, 0.5) is 0 Å². The van der Waals surface area contributed by atoms with Crippen LogP contribution in [0.25, 0.3) is 0 Å². The van der Waals surface area contributed by atoms with Crippen molar-refractivity contribution < 1.29 is 9.53 Å². The van der Waals surface area contributed by atoms with Gasteiger partial charge in [0.2, 0.25) is 5.91 Å². The molecule has 0 saturated carbocycles. The lowest BCUT2D eigenvalue weighted by Gasteiger charge is -2.30. The highest BCUT2D eigenvalue weighted by Crippen LogP contribution is 2.12. The van der Waals surface area contributed by atoms with Gasteiger partial charge in [0.05, 0.1) is 19.3 Å². The highest BCUT2D eigenvalue weighted by Gasteiger charge is 2.23. The Kier molecular flexibility index (Phi) is 4.93. The Balaban J connectivity index is 1.89. The van der Waals surface area contributed by atoms with E-state index >= 15 is 0 Å². The minimum Gasteiger partial charge on any atom is -0.378 e. The van der Waals surface area contributed by atoms with Crippen molar-refractivity contribution >= 4 is 5.91 Å². The molecule has 0 bridgehead atoms. The Hall–Kier alpha value is -1.39. The largest absolute Gasteiger partial charge is 0.378 e. The van der Waals surface area contributed by atoms with Crippen molar-refractivity contribution in [2.45, 2.75) is 25.9 Å². The first-order valence-corrected chi connectivity index (χ1v) is 6.86. The third-order valence-corrected chi connectivity index (χ3v) is 3.49. The smallest absolute Gasteiger partial charge is 0.239 e. The summed E-state index contributed by atoms with van der Waals surface area (Å²) in [7, 11) is 0. The van der Waals surface area contributed by atoms with Crippen LogP contribution < -0.4 is 5.32 Å². The molecule has 19 heavy (non-hydrogen) atoms. The van der Waals surface area contributed by atoms with Gasteiger partial charge in [-0.25, -0.2) is 0 Å². The molecule has 1 saturated heterocycles. The SMILES string of the molecule is CC(N[C@@H](C)c1ccccc1)C(=O)N1CCOCC1. The van der Waals surface area contributed by atoms with Gasteiger partial charge in [0.25, 0.3) is 0 Å². The molecule has 1 fully saturated rings. The zero-order valence-corrected chi connectivity index (χ0v) is 11.6. The Morgan fingerprint density at radius 1 is 1.21 bits per heavy atom. The van der Waals surface area contributed by atoms with Crippen LogP contribution in [0.1, 0.15) is 25.5 Å². The maximum atomic E-state index is 12.3. The molecule has 1 aliphatic rings. The molecule has 2 rings (SSSR count). The minimum atomic E-state index is -0.173. The van der Waals surface area contributed by atoms with E-state index in [9.17, 15) is 4.79 Å². The normalized spacial score (nSPS) is 18.9. The van der Waals surface area contributed by atoms with Crippen molar-refractivity contribution in [3.05, 3.63) is 35.9 Å². The van der Waals surface area contributed by atoms with Gasteiger partial charge in [0, 0.05) is 19.1 Å². The quantitative estimate of drug-likeness (QED) is 0.896. The van der Waals surface area contributed by atoms with Gasteiger partial charge in [0.15, 0.2) is 0 Å². The summed E-state index contributed by atoms with van der Waals surface area (Å²) < 4.78 is 5.27. The van der Waals surface area contributed by atoms with Gasteiger partial charge >= 0.3 is 0 Å². The van der Waals surface area contributed by atoms with Crippen LogP contribution in [-0.2, 0) is 9.53 Å². The van der Waals surface area contributed by atoms with E-state index in [1.54, 1.807) is 0 Å². The molecule has 1 unspecified atom stereocenters. The van der Waals surface area contributed by atoms with E-state index in [0.29, 0.717) is 26.3 Å². The second-order valence-electron chi connectivity index (χ2n) is 4.96. The highest BCUT2D eigenvalue weighted by atomic mass is 16.5. The fourth-order valence-electron chi connectivity index (χ4n) is 2.34. The number of hydrogen-bond donors (Lipinski definition) is 1. The van der Waals surface area contributed by atoms with E-state index in [4.69, 9.17) is 4.74 Å². The van der Waals surface area contributed by atoms with E-state index in [-0.39, 0.29) is 18.0 Å². The molecule has 4 nitrogen and oxygen atoms in total. The van der Waals surface area contributed by atoms with Crippen molar-refractivity contribution in [2.24, 2.45) is 0 Å². The van der Waals surface area contributed by atoms with Crippen LogP contribution in [0.15, 0.2) is 30.3 Å². The first-order chi connectivity index (χ1) is 9.18. The molecule has 4 heteroatoms. The van der Waals surface area contributed by atoms with Gasteiger partial charge in [0.1, 0.15) is 0 Å². The number of morpholine rings is 1. The Labute approximate surface area is 114 Å². The first kappa shape index (κ1) is 14.0. The summed E-state index contributed by atoms with van der Waals surface area (Å²) in [6.07, 6.45) is 0. The van der Waals surface area contributed by atoms with Gasteiger partial charge < -0.3 is 9.64 Å². The lowest BCUT2D eigenvalue weighted by atomic mass is 10.1. The molecule has 104 valence electrons. The molecule has 0 spiro atoms. The number of ether oxygens (including phenoxy) is 1. The minimum absolute atomic E-state index is 0.158. The summed E-state index contributed by atoms with van der Waals surface area (Å²) >= 11 is 0. The van der Waals surface area contributed by atoms with Gasteiger partial charge in [-0.2, -0.15) is 0 Å². The Morgan fingerprint density at radius 2 is 1.84 bits per heavy atom. The molecule has 1 amide bonds. The molecule has 1 aliphatic heterocycles. The van der Waals surface area contributed by atoms with E-state index in [2.05, 4.69) is 24.4 Å². The van der Waals surface area contributed by atoms with Crippen LogP contribution in [0, 0.1) is 0 Å². The Morgan fingerprint density at radius 3 is 2.47 bits per heavy atom. The fraction of sp³-hybridized carbons (Fsp3) is 0.533. The third kappa shape index (κ3) is 3.78. The standard InChI is InChI=1S/C15H22N2O2/c1-12(14-6-4-3-5-7-14)16-13(2)15(18)17-8-10-19-11-9-17/h3-7,12-13,16H,8-11H2,1-2H3/t12-,13?/m0/s1. The van der Waals surface area contributed by atoms with Crippen molar-refractivity contribution in [2.75, 3.05) is 26.3 Å². The van der Waals surface area contributed by atoms with E-state index < -0.39 is 0 Å². The highest BCUT2D eigenvalue weighted by molar-refractivity contribution is 5.81. The number of rotatable bonds is 4. The topological polar surface area (TPSA) is 41.6 Å². The summed E-state index contributed by atoms with van der Waals surface area (Å²) in [5.41, 5.74) is 1.20. The summed E-state index contributed by atoms with van der Waals surface area (Å²) in [6.45, 7) is 6.70. The molecule has 0 aromatic heterocycles. The molecule has 1 N–H and O–H groups in total. The van der Waals surface area contributed by atoms with E-state index in [1.165, 1.54) is 5.56 Å². The van der Waals surface area contributed by atoms with Crippen molar-refractivity contribution in [1.82, 2.24) is 10.2 Å². The average molecular weight is 262 g/mol. The van der Waals surface area contributed by atoms with E-state index in [1.807, 2.05) is 30.0 Å². The third-order valence-electron chi connectivity index (χ3n) is 3.49. The second kappa shape index (κ2) is 6.68. The number of nitrogens with one attached hydrogen (secondary N) is 1. The monoisotopic (exact) mass is 262 g/mol. The molecule has 0 aliphatic carbocycles. The zero-order valence-electron chi connectivity index (χ0n) is 11.6. The zero-order chi connectivity index (χ0) is 13.7. The summed E-state index contributed by atoms with van der Waals surface area (Å²) in [4.78, 5) is 14.1. The lowest BCUT2D eigenvalue weighted by molar-refractivity contribution is -0.137. The Bertz CT molecular complexity index is 402. The summed E-state index contributed by atoms with van der Waals surface area (Å²) in [6, 6.07) is 10.2. The number of amides is 1. The number of hydrogen-bond acceptors (Lipinski definition) is 3. The number of carbonyl (C=O) groups is 1. The van der Waals surface area contributed by atoms with Crippen LogP contribution in [0.5, 0.6) is 0 Å². The van der Waals surface area contributed by atoms with Crippen molar-refractivity contribution in [1.29, 1.82) is 0 Å². The fourth-order valence-corrected chi connectivity index (χ4v) is 2.34. The van der Waals surface area contributed by atoms with Crippen LogP contribution >= 0.6 is 0 Å². The van der Waals surface area contributed by atoms with Crippen molar-refractivity contribution in [3.8, 4) is 0 Å². The van der Waals surface area contributed by atoms with Gasteiger partial charge in [-0.3, -0.25) is 10.1 Å². The van der Waals surface area contributed by atoms with Gasteiger partial charge in [-0.05, 0) is 19.4 Å². The molecule has 2 atom stereocenters. The van der Waals surface area contributed by atoms with E-state index in [0.717, 1.165) is 0 Å². The van der Waals surface area contributed by atoms with Crippen molar-refractivity contribution in [3.63, 3.8) is 0 Å². The predicted molar refractivity (Wildman–Crippen MR) is 74.9 cm³/mol. The maximum absolute atomic E-state index is 12.3.